The van der Waals surface area contributed by atoms with E-state index in [-0.39, 0.29) is 33.4 Å². The Morgan fingerprint density at radius 1 is 0.964 bits per heavy atom. The maximum atomic E-state index is 12.9. The van der Waals surface area contributed by atoms with E-state index in [4.69, 9.17) is 18.9 Å². The van der Waals surface area contributed by atoms with Gasteiger partial charge in [-0.2, -0.15) is 0 Å². The van der Waals surface area contributed by atoms with Crippen LogP contribution in [0.15, 0.2) is 35.2 Å². The molecule has 8 nitrogen and oxygen atoms in total. The smallest absolute Gasteiger partial charge is 0.340 e. The molecule has 1 N–H and O–H groups in total. The average Bonchev–Trinajstić information content (AvgIpc) is 2.72. The van der Waals surface area contributed by atoms with Crippen molar-refractivity contribution in [1.29, 1.82) is 0 Å². The van der Waals surface area contributed by atoms with E-state index >= 15 is 0 Å². The van der Waals surface area contributed by atoms with Crippen LogP contribution in [0.1, 0.15) is 22.8 Å². The summed E-state index contributed by atoms with van der Waals surface area (Å²) in [5, 5.41) is 0. The monoisotopic (exact) mass is 409 g/mol. The van der Waals surface area contributed by atoms with E-state index in [1.54, 1.807) is 12.1 Å². The van der Waals surface area contributed by atoms with Gasteiger partial charge >= 0.3 is 5.97 Å². The molecule has 0 saturated heterocycles. The number of esters is 1. The highest BCUT2D eigenvalue weighted by Gasteiger charge is 2.28. The third-order valence-electron chi connectivity index (χ3n) is 4.11. The van der Waals surface area contributed by atoms with Crippen LogP contribution in [-0.4, -0.2) is 42.8 Å². The van der Waals surface area contributed by atoms with Gasteiger partial charge in [-0.1, -0.05) is 19.1 Å². The standard InChI is InChI=1S/C19H23NO7S/c1-6-12-7-9-13(10-8-12)28(22,23)20-16-14(19(21)27-5)11-15(24-2)17(25-3)18(16)26-4/h7-11,20H,6H2,1-5H3. The lowest BCUT2D eigenvalue weighted by Crippen LogP contribution is -2.17. The van der Waals surface area contributed by atoms with Crippen LogP contribution >= 0.6 is 0 Å². The van der Waals surface area contributed by atoms with Crippen molar-refractivity contribution in [3.05, 3.63) is 41.5 Å². The third kappa shape index (κ3) is 4.14. The van der Waals surface area contributed by atoms with Crippen LogP contribution < -0.4 is 18.9 Å². The Kier molecular flexibility index (Phi) is 6.74. The molecule has 9 heteroatoms. The zero-order chi connectivity index (χ0) is 20.9. The number of hydrogen-bond donors (Lipinski definition) is 1. The van der Waals surface area contributed by atoms with E-state index in [0.717, 1.165) is 12.0 Å². The number of carbonyl (C=O) groups is 1. The molecule has 28 heavy (non-hydrogen) atoms. The lowest BCUT2D eigenvalue weighted by Gasteiger charge is -2.19. The van der Waals surface area contributed by atoms with Gasteiger partial charge in [-0.15, -0.1) is 0 Å². The second kappa shape index (κ2) is 8.83. The van der Waals surface area contributed by atoms with Crippen molar-refractivity contribution in [3.63, 3.8) is 0 Å². The number of aryl methyl sites for hydroxylation is 1. The molecule has 0 amide bonds. The van der Waals surface area contributed by atoms with Gasteiger partial charge in [0.25, 0.3) is 10.0 Å². The Morgan fingerprint density at radius 2 is 1.57 bits per heavy atom. The summed E-state index contributed by atoms with van der Waals surface area (Å²) in [5.41, 5.74) is 0.815. The average molecular weight is 409 g/mol. The summed E-state index contributed by atoms with van der Waals surface area (Å²) in [6, 6.07) is 7.76. The molecule has 0 aliphatic carbocycles. The summed E-state index contributed by atoms with van der Waals surface area (Å²) >= 11 is 0. The van der Waals surface area contributed by atoms with Crippen LogP contribution in [-0.2, 0) is 21.2 Å². The lowest BCUT2D eigenvalue weighted by atomic mass is 10.1. The number of sulfonamides is 1. The molecular weight excluding hydrogens is 386 g/mol. The van der Waals surface area contributed by atoms with Crippen molar-refractivity contribution in [2.75, 3.05) is 33.2 Å². The predicted molar refractivity (Wildman–Crippen MR) is 104 cm³/mol. The first-order valence-corrected chi connectivity index (χ1v) is 9.84. The van der Waals surface area contributed by atoms with E-state index in [2.05, 4.69) is 4.72 Å². The van der Waals surface area contributed by atoms with E-state index in [0.29, 0.717) is 0 Å². The Labute approximate surface area is 164 Å². The number of nitrogens with one attached hydrogen (secondary N) is 1. The Balaban J connectivity index is 2.65. The fourth-order valence-electron chi connectivity index (χ4n) is 2.63. The van der Waals surface area contributed by atoms with Crippen molar-refractivity contribution in [2.45, 2.75) is 18.2 Å². The maximum absolute atomic E-state index is 12.9. The van der Waals surface area contributed by atoms with Gasteiger partial charge in [-0.05, 0) is 24.1 Å². The molecule has 2 aromatic rings. The van der Waals surface area contributed by atoms with Crippen molar-refractivity contribution in [3.8, 4) is 17.2 Å². The molecule has 0 spiro atoms. The lowest BCUT2D eigenvalue weighted by molar-refractivity contribution is 0.0601. The fourth-order valence-corrected chi connectivity index (χ4v) is 3.71. The second-order valence-electron chi connectivity index (χ2n) is 5.66. The number of methoxy groups -OCH3 is 4. The number of benzene rings is 2. The summed E-state index contributed by atoms with van der Waals surface area (Å²) in [4.78, 5) is 12.3. The number of rotatable bonds is 8. The van der Waals surface area contributed by atoms with Crippen LogP contribution in [0.5, 0.6) is 17.2 Å². The van der Waals surface area contributed by atoms with E-state index in [9.17, 15) is 13.2 Å². The van der Waals surface area contributed by atoms with Crippen molar-refractivity contribution in [2.24, 2.45) is 0 Å². The Bertz CT molecular complexity index is 953. The molecule has 2 rings (SSSR count). The molecule has 0 aliphatic heterocycles. The molecule has 0 atom stereocenters. The van der Waals surface area contributed by atoms with Crippen LogP contribution in [0, 0.1) is 0 Å². The minimum absolute atomic E-state index is 0.00370. The first kappa shape index (κ1) is 21.4. The quantitative estimate of drug-likeness (QED) is 0.669. The van der Waals surface area contributed by atoms with Gasteiger partial charge in [-0.25, -0.2) is 13.2 Å². The summed E-state index contributed by atoms with van der Waals surface area (Å²) in [6.07, 6.45) is 0.781. The maximum Gasteiger partial charge on any atom is 0.340 e. The van der Waals surface area contributed by atoms with E-state index < -0.39 is 16.0 Å². The van der Waals surface area contributed by atoms with Gasteiger partial charge in [0.15, 0.2) is 11.5 Å². The van der Waals surface area contributed by atoms with Crippen molar-refractivity contribution in [1.82, 2.24) is 0 Å². The van der Waals surface area contributed by atoms with Gasteiger partial charge in [0.1, 0.15) is 5.69 Å². The first-order valence-electron chi connectivity index (χ1n) is 8.35. The predicted octanol–water partition coefficient (Wildman–Crippen LogP) is 2.86. The number of anilines is 1. The SMILES string of the molecule is CCc1ccc(S(=O)(=O)Nc2c(C(=O)OC)cc(OC)c(OC)c2OC)cc1. The van der Waals surface area contributed by atoms with Crippen molar-refractivity contribution >= 4 is 21.7 Å². The first-order chi connectivity index (χ1) is 13.3. The highest BCUT2D eigenvalue weighted by atomic mass is 32.2. The molecular formula is C19H23NO7S. The van der Waals surface area contributed by atoms with Crippen LogP contribution in [0.25, 0.3) is 0 Å². The topological polar surface area (TPSA) is 100 Å². The normalized spacial score (nSPS) is 10.9. The summed E-state index contributed by atoms with van der Waals surface area (Å²) in [5.74, 6) is -0.444. The number of hydrogen-bond acceptors (Lipinski definition) is 7. The third-order valence-corrected chi connectivity index (χ3v) is 5.48. The van der Waals surface area contributed by atoms with Crippen molar-refractivity contribution < 1.29 is 32.2 Å². The molecule has 0 heterocycles. The van der Waals surface area contributed by atoms with Crippen LogP contribution in [0.3, 0.4) is 0 Å². The number of carbonyl (C=O) groups excluding carboxylic acids is 1. The summed E-state index contributed by atoms with van der Waals surface area (Å²) in [7, 11) is 1.26. The molecule has 0 aromatic heterocycles. The zero-order valence-corrected chi connectivity index (χ0v) is 17.2. The zero-order valence-electron chi connectivity index (χ0n) is 16.4. The molecule has 0 fully saturated rings. The van der Waals surface area contributed by atoms with Crippen LogP contribution in [0.4, 0.5) is 5.69 Å². The molecule has 152 valence electrons. The van der Waals surface area contributed by atoms with E-state index in [1.807, 2.05) is 6.92 Å². The van der Waals surface area contributed by atoms with E-state index in [1.165, 1.54) is 46.6 Å². The molecule has 0 radical (unpaired) electrons. The van der Waals surface area contributed by atoms with Gasteiger partial charge in [0.05, 0.1) is 38.9 Å². The summed E-state index contributed by atoms with van der Waals surface area (Å²) < 4.78 is 48.8. The highest BCUT2D eigenvalue weighted by Crippen LogP contribution is 2.46. The molecule has 0 bridgehead atoms. The summed E-state index contributed by atoms with van der Waals surface area (Å²) in [6.45, 7) is 1.97. The van der Waals surface area contributed by atoms with Gasteiger partial charge < -0.3 is 18.9 Å². The molecule has 0 unspecified atom stereocenters. The fraction of sp³-hybridized carbons (Fsp3) is 0.316. The van der Waals surface area contributed by atoms with Gasteiger partial charge in [0, 0.05) is 6.07 Å². The minimum Gasteiger partial charge on any atom is -0.493 e. The number of ether oxygens (including phenoxy) is 4. The van der Waals surface area contributed by atoms with Gasteiger partial charge in [-0.3, -0.25) is 4.72 Å². The Morgan fingerprint density at radius 3 is 2.04 bits per heavy atom. The molecule has 2 aromatic carbocycles. The second-order valence-corrected chi connectivity index (χ2v) is 7.34. The highest BCUT2D eigenvalue weighted by molar-refractivity contribution is 7.92. The Hall–Kier alpha value is -2.94. The van der Waals surface area contributed by atoms with Crippen LogP contribution in [0.2, 0.25) is 0 Å². The molecule has 0 saturated carbocycles. The largest absolute Gasteiger partial charge is 0.493 e. The minimum atomic E-state index is -4.01. The van der Waals surface area contributed by atoms with Gasteiger partial charge in [0.2, 0.25) is 5.75 Å². The molecule has 0 aliphatic rings.